The predicted octanol–water partition coefficient (Wildman–Crippen LogP) is 2.79. The van der Waals surface area contributed by atoms with E-state index in [-0.39, 0.29) is 5.69 Å². The summed E-state index contributed by atoms with van der Waals surface area (Å²) in [6.07, 6.45) is 1.55. The van der Waals surface area contributed by atoms with Gasteiger partial charge in [-0.05, 0) is 31.2 Å². The van der Waals surface area contributed by atoms with E-state index in [1.165, 1.54) is 11.3 Å². The molecule has 0 saturated carbocycles. The minimum atomic E-state index is -0.471. The van der Waals surface area contributed by atoms with E-state index in [9.17, 15) is 9.59 Å². The van der Waals surface area contributed by atoms with Crippen molar-refractivity contribution in [3.63, 3.8) is 0 Å². The van der Waals surface area contributed by atoms with E-state index in [1.807, 2.05) is 6.07 Å². The third-order valence-electron chi connectivity index (χ3n) is 3.07. The minimum Gasteiger partial charge on any atom is -0.462 e. The molecule has 3 aromatic rings. The molecule has 0 aliphatic heterocycles. The Bertz CT molecular complexity index is 826. The number of aryl methyl sites for hydroxylation is 1. The van der Waals surface area contributed by atoms with Gasteiger partial charge in [0.15, 0.2) is 10.8 Å². The van der Waals surface area contributed by atoms with Gasteiger partial charge in [0, 0.05) is 10.4 Å². The summed E-state index contributed by atoms with van der Waals surface area (Å²) < 4.78 is 5.27. The SMILES string of the molecule is Cc1sc(-c2ccco2)nc1C(=O)NNC(=O)c1ccccc1. The maximum atomic E-state index is 12.2. The van der Waals surface area contributed by atoms with E-state index < -0.39 is 11.8 Å². The summed E-state index contributed by atoms with van der Waals surface area (Å²) in [6, 6.07) is 12.1. The average molecular weight is 327 g/mol. The molecule has 116 valence electrons. The molecular formula is C16H13N3O3S. The number of carbonyl (C=O) groups is 2. The van der Waals surface area contributed by atoms with Gasteiger partial charge >= 0.3 is 0 Å². The summed E-state index contributed by atoms with van der Waals surface area (Å²) in [6.45, 7) is 1.79. The molecule has 2 heterocycles. The Hall–Kier alpha value is -2.93. The normalized spacial score (nSPS) is 10.3. The van der Waals surface area contributed by atoms with Crippen LogP contribution in [0.3, 0.4) is 0 Å². The van der Waals surface area contributed by atoms with Crippen LogP contribution < -0.4 is 10.9 Å². The summed E-state index contributed by atoms with van der Waals surface area (Å²) in [5.74, 6) is -0.260. The fourth-order valence-corrected chi connectivity index (χ4v) is 2.83. The van der Waals surface area contributed by atoms with Gasteiger partial charge in [0.25, 0.3) is 11.8 Å². The van der Waals surface area contributed by atoms with Gasteiger partial charge in [-0.1, -0.05) is 18.2 Å². The molecule has 2 amide bonds. The molecule has 0 aliphatic carbocycles. The molecule has 6 nitrogen and oxygen atoms in total. The molecule has 3 rings (SSSR count). The fraction of sp³-hybridized carbons (Fsp3) is 0.0625. The van der Waals surface area contributed by atoms with E-state index in [0.717, 1.165) is 4.88 Å². The van der Waals surface area contributed by atoms with Crippen LogP contribution in [-0.2, 0) is 0 Å². The number of carbonyl (C=O) groups excluding carboxylic acids is 2. The number of nitrogens with one attached hydrogen (secondary N) is 2. The van der Waals surface area contributed by atoms with Crippen molar-refractivity contribution in [3.05, 3.63) is 64.9 Å². The Morgan fingerprint density at radius 3 is 2.48 bits per heavy atom. The Labute approximate surface area is 136 Å². The number of amides is 2. The third-order valence-corrected chi connectivity index (χ3v) is 4.05. The highest BCUT2D eigenvalue weighted by molar-refractivity contribution is 7.15. The third kappa shape index (κ3) is 3.29. The second-order valence-electron chi connectivity index (χ2n) is 4.68. The number of hydrogen-bond acceptors (Lipinski definition) is 5. The van der Waals surface area contributed by atoms with Gasteiger partial charge in [-0.2, -0.15) is 0 Å². The Morgan fingerprint density at radius 2 is 1.78 bits per heavy atom. The quantitative estimate of drug-likeness (QED) is 0.725. The van der Waals surface area contributed by atoms with Crippen molar-refractivity contribution in [2.45, 2.75) is 6.92 Å². The first kappa shape index (κ1) is 15.0. The van der Waals surface area contributed by atoms with Crippen LogP contribution in [-0.4, -0.2) is 16.8 Å². The second kappa shape index (κ2) is 6.45. The predicted molar refractivity (Wildman–Crippen MR) is 85.9 cm³/mol. The first-order chi connectivity index (χ1) is 11.1. The lowest BCUT2D eigenvalue weighted by Crippen LogP contribution is -2.42. The van der Waals surface area contributed by atoms with Gasteiger partial charge in [0.05, 0.1) is 6.26 Å². The highest BCUT2D eigenvalue weighted by atomic mass is 32.1. The van der Waals surface area contributed by atoms with E-state index in [4.69, 9.17) is 4.42 Å². The van der Waals surface area contributed by atoms with Gasteiger partial charge in [-0.15, -0.1) is 11.3 Å². The first-order valence-electron chi connectivity index (χ1n) is 6.82. The van der Waals surface area contributed by atoms with E-state index in [1.54, 1.807) is 49.6 Å². The molecule has 0 radical (unpaired) electrons. The second-order valence-corrected chi connectivity index (χ2v) is 5.88. The smallest absolute Gasteiger partial charge is 0.289 e. The number of hydrogen-bond donors (Lipinski definition) is 2. The van der Waals surface area contributed by atoms with Crippen LogP contribution in [0, 0.1) is 6.92 Å². The number of nitrogens with zero attached hydrogens (tertiary/aromatic N) is 1. The summed E-state index contributed by atoms with van der Waals surface area (Å²) in [5.41, 5.74) is 5.46. The zero-order valence-electron chi connectivity index (χ0n) is 12.2. The Morgan fingerprint density at radius 1 is 1.04 bits per heavy atom. The molecule has 0 aliphatic rings. The standard InChI is InChI=1S/C16H13N3O3S/c1-10-13(17-16(23-10)12-8-5-9-22-12)15(21)19-18-14(20)11-6-3-2-4-7-11/h2-9H,1H3,(H,18,20)(H,19,21). The van der Waals surface area contributed by atoms with Crippen LogP contribution >= 0.6 is 11.3 Å². The molecule has 0 spiro atoms. The van der Waals surface area contributed by atoms with Gasteiger partial charge in [-0.3, -0.25) is 20.4 Å². The number of hydrazine groups is 1. The summed E-state index contributed by atoms with van der Waals surface area (Å²) in [4.78, 5) is 29.1. The van der Waals surface area contributed by atoms with Gasteiger partial charge in [0.2, 0.25) is 0 Å². The molecule has 0 unspecified atom stereocenters. The van der Waals surface area contributed by atoms with Crippen molar-refractivity contribution in [2.24, 2.45) is 0 Å². The van der Waals surface area contributed by atoms with Crippen molar-refractivity contribution < 1.29 is 14.0 Å². The van der Waals surface area contributed by atoms with E-state index >= 15 is 0 Å². The maximum absolute atomic E-state index is 12.2. The number of thiazole rings is 1. The van der Waals surface area contributed by atoms with Gasteiger partial charge in [-0.25, -0.2) is 4.98 Å². The fourth-order valence-electron chi connectivity index (χ4n) is 1.95. The molecule has 0 fully saturated rings. The highest BCUT2D eigenvalue weighted by Gasteiger charge is 2.18. The van der Waals surface area contributed by atoms with Crippen molar-refractivity contribution >= 4 is 23.2 Å². The lowest BCUT2D eigenvalue weighted by Gasteiger charge is -2.06. The van der Waals surface area contributed by atoms with Gasteiger partial charge in [0.1, 0.15) is 5.69 Å². The van der Waals surface area contributed by atoms with Crippen LogP contribution in [0.2, 0.25) is 0 Å². The van der Waals surface area contributed by atoms with E-state index in [0.29, 0.717) is 16.3 Å². The number of aromatic nitrogens is 1. The molecule has 23 heavy (non-hydrogen) atoms. The molecule has 1 aromatic carbocycles. The van der Waals surface area contributed by atoms with Crippen LogP contribution in [0.1, 0.15) is 25.7 Å². The lowest BCUT2D eigenvalue weighted by atomic mass is 10.2. The van der Waals surface area contributed by atoms with Crippen molar-refractivity contribution in [1.29, 1.82) is 0 Å². The van der Waals surface area contributed by atoms with Crippen LogP contribution in [0.4, 0.5) is 0 Å². The molecule has 0 saturated heterocycles. The number of rotatable bonds is 3. The number of benzene rings is 1. The van der Waals surface area contributed by atoms with Crippen molar-refractivity contribution in [1.82, 2.24) is 15.8 Å². The topological polar surface area (TPSA) is 84.2 Å². The molecule has 0 atom stereocenters. The first-order valence-corrected chi connectivity index (χ1v) is 7.64. The number of furan rings is 1. The Kier molecular flexibility index (Phi) is 4.20. The molecule has 7 heteroatoms. The molecule has 0 bridgehead atoms. The molecule has 2 aromatic heterocycles. The summed E-state index contributed by atoms with van der Waals surface area (Å²) in [5, 5.41) is 0.618. The monoisotopic (exact) mass is 327 g/mol. The lowest BCUT2D eigenvalue weighted by molar-refractivity contribution is 0.0844. The minimum absolute atomic E-state index is 0.259. The van der Waals surface area contributed by atoms with Gasteiger partial charge < -0.3 is 4.42 Å². The highest BCUT2D eigenvalue weighted by Crippen LogP contribution is 2.27. The van der Waals surface area contributed by atoms with Crippen LogP contribution in [0.25, 0.3) is 10.8 Å². The Balaban J connectivity index is 1.68. The zero-order chi connectivity index (χ0) is 16.2. The van der Waals surface area contributed by atoms with Crippen LogP contribution in [0.5, 0.6) is 0 Å². The maximum Gasteiger partial charge on any atom is 0.289 e. The molecule has 2 N–H and O–H groups in total. The zero-order valence-corrected chi connectivity index (χ0v) is 13.0. The van der Waals surface area contributed by atoms with E-state index in [2.05, 4.69) is 15.8 Å². The summed E-state index contributed by atoms with van der Waals surface area (Å²) >= 11 is 1.35. The van der Waals surface area contributed by atoms with Crippen molar-refractivity contribution in [3.8, 4) is 10.8 Å². The molecular weight excluding hydrogens is 314 g/mol. The van der Waals surface area contributed by atoms with Crippen LogP contribution in [0.15, 0.2) is 53.1 Å². The average Bonchev–Trinajstić information content (AvgIpc) is 3.22. The van der Waals surface area contributed by atoms with Crippen molar-refractivity contribution in [2.75, 3.05) is 0 Å². The summed E-state index contributed by atoms with van der Waals surface area (Å²) in [7, 11) is 0. The largest absolute Gasteiger partial charge is 0.462 e.